The Balaban J connectivity index is 1.63. The third kappa shape index (κ3) is 3.04. The molecule has 2 fully saturated rings. The van der Waals surface area contributed by atoms with Crippen LogP contribution >= 0.6 is 0 Å². The van der Waals surface area contributed by atoms with Crippen LogP contribution in [0.5, 0.6) is 5.75 Å². The minimum Gasteiger partial charge on any atom is -0.462 e. The van der Waals surface area contributed by atoms with Crippen molar-refractivity contribution in [3.05, 3.63) is 24.3 Å². The molecule has 3 rings (SSSR count). The van der Waals surface area contributed by atoms with Crippen LogP contribution in [0.2, 0.25) is 0 Å². The summed E-state index contributed by atoms with van der Waals surface area (Å²) >= 11 is 0. The highest BCUT2D eigenvalue weighted by Crippen LogP contribution is 2.42. The first-order valence-corrected chi connectivity index (χ1v) is 7.43. The van der Waals surface area contributed by atoms with Crippen LogP contribution in [0.4, 0.5) is 5.69 Å². The van der Waals surface area contributed by atoms with Gasteiger partial charge in [0.25, 0.3) is 0 Å². The predicted molar refractivity (Wildman–Crippen MR) is 78.2 cm³/mol. The van der Waals surface area contributed by atoms with Crippen molar-refractivity contribution in [2.75, 3.05) is 5.32 Å². The number of benzene rings is 1. The van der Waals surface area contributed by atoms with E-state index in [9.17, 15) is 4.79 Å². The van der Waals surface area contributed by atoms with Crippen LogP contribution in [-0.2, 0) is 14.3 Å². The largest absolute Gasteiger partial charge is 0.462 e. The number of fused-ring (bicyclic) bond motifs is 1. The van der Waals surface area contributed by atoms with Crippen molar-refractivity contribution in [3.63, 3.8) is 0 Å². The zero-order valence-corrected chi connectivity index (χ0v) is 12.5. The van der Waals surface area contributed by atoms with Gasteiger partial charge >= 0.3 is 0 Å². The van der Waals surface area contributed by atoms with Gasteiger partial charge in [-0.3, -0.25) is 4.79 Å². The molecule has 114 valence electrons. The Bertz CT molecular complexity index is 516. The molecule has 2 heterocycles. The third-order valence-corrected chi connectivity index (χ3v) is 4.07. The molecule has 0 bridgehead atoms. The van der Waals surface area contributed by atoms with Gasteiger partial charge in [0, 0.05) is 18.5 Å². The summed E-state index contributed by atoms with van der Waals surface area (Å²) in [6.45, 7) is 5.76. The Morgan fingerprint density at radius 3 is 2.57 bits per heavy atom. The molecule has 0 spiro atoms. The van der Waals surface area contributed by atoms with Crippen LogP contribution in [-0.4, -0.2) is 30.5 Å². The van der Waals surface area contributed by atoms with Gasteiger partial charge in [-0.1, -0.05) is 13.8 Å². The maximum absolute atomic E-state index is 11.0. The van der Waals surface area contributed by atoms with Crippen LogP contribution in [0.3, 0.4) is 0 Å². The van der Waals surface area contributed by atoms with E-state index in [1.807, 2.05) is 24.3 Å². The van der Waals surface area contributed by atoms with Crippen LogP contribution in [0.15, 0.2) is 24.3 Å². The Morgan fingerprint density at radius 1 is 1.24 bits per heavy atom. The van der Waals surface area contributed by atoms with Crippen molar-refractivity contribution in [3.8, 4) is 5.75 Å². The zero-order chi connectivity index (χ0) is 15.0. The fourth-order valence-electron chi connectivity index (χ4n) is 2.88. The molecule has 0 saturated carbocycles. The molecule has 5 nitrogen and oxygen atoms in total. The maximum Gasteiger partial charge on any atom is 0.229 e. The highest BCUT2D eigenvalue weighted by Gasteiger charge is 2.56. The van der Waals surface area contributed by atoms with Crippen molar-refractivity contribution in [1.29, 1.82) is 0 Å². The molecule has 1 N–H and O–H groups in total. The van der Waals surface area contributed by atoms with Crippen molar-refractivity contribution < 1.29 is 19.0 Å². The molecule has 2 aliphatic rings. The van der Waals surface area contributed by atoms with Crippen LogP contribution in [0.25, 0.3) is 0 Å². The van der Waals surface area contributed by atoms with E-state index in [1.165, 1.54) is 6.92 Å². The van der Waals surface area contributed by atoms with Crippen molar-refractivity contribution in [1.82, 2.24) is 0 Å². The Hall–Kier alpha value is -1.59. The van der Waals surface area contributed by atoms with Crippen LogP contribution in [0.1, 0.15) is 27.2 Å². The van der Waals surface area contributed by atoms with E-state index in [2.05, 4.69) is 19.2 Å². The van der Waals surface area contributed by atoms with E-state index in [-0.39, 0.29) is 30.5 Å². The lowest BCUT2D eigenvalue weighted by Crippen LogP contribution is -2.42. The van der Waals surface area contributed by atoms with Crippen LogP contribution < -0.4 is 10.1 Å². The van der Waals surface area contributed by atoms with Gasteiger partial charge in [-0.2, -0.15) is 0 Å². The minimum absolute atomic E-state index is 0.0396. The van der Waals surface area contributed by atoms with E-state index in [4.69, 9.17) is 14.2 Å². The number of epoxide rings is 1. The highest BCUT2D eigenvalue weighted by atomic mass is 16.7. The number of nitrogens with one attached hydrogen (secondary N) is 1. The first-order chi connectivity index (χ1) is 10.1. The molecule has 0 aliphatic carbocycles. The SMILES string of the molecule is CC[C@H]1O[C@H](Oc2ccc(NC(C)=O)cc2)C2O[C@H]2[C@@H]1C. The summed E-state index contributed by atoms with van der Waals surface area (Å²) in [5, 5.41) is 2.72. The summed E-state index contributed by atoms with van der Waals surface area (Å²) in [5.74, 6) is 1.04. The number of anilines is 1. The molecule has 1 unspecified atom stereocenters. The molecular weight excluding hydrogens is 270 g/mol. The Morgan fingerprint density at radius 2 is 1.95 bits per heavy atom. The van der Waals surface area contributed by atoms with Crippen molar-refractivity contribution in [2.24, 2.45) is 5.92 Å². The number of carbonyl (C=O) groups is 1. The van der Waals surface area contributed by atoms with Gasteiger partial charge in [0.1, 0.15) is 11.9 Å². The standard InChI is InChI=1S/C16H21NO4/c1-4-13-9(2)14-15(21-14)16(20-13)19-12-7-5-11(6-8-12)17-10(3)18/h5-9,13-16H,4H2,1-3H3,(H,17,18)/t9-,13-,14+,15?,16+/m1/s1. The van der Waals surface area contributed by atoms with Gasteiger partial charge in [0.2, 0.25) is 12.2 Å². The second-order valence-electron chi connectivity index (χ2n) is 5.70. The molecule has 1 amide bonds. The normalized spacial score (nSPS) is 34.0. The predicted octanol–water partition coefficient (Wildman–Crippen LogP) is 2.56. The number of hydrogen-bond donors (Lipinski definition) is 1. The lowest BCUT2D eigenvalue weighted by molar-refractivity contribution is -0.154. The topological polar surface area (TPSA) is 60.1 Å². The molecule has 0 radical (unpaired) electrons. The number of carbonyl (C=O) groups excluding carboxylic acids is 1. The van der Waals surface area contributed by atoms with Gasteiger partial charge in [-0.15, -0.1) is 0 Å². The van der Waals surface area contributed by atoms with Gasteiger partial charge in [-0.25, -0.2) is 0 Å². The number of amides is 1. The fraction of sp³-hybridized carbons (Fsp3) is 0.562. The number of hydrogen-bond acceptors (Lipinski definition) is 4. The van der Waals surface area contributed by atoms with E-state index in [0.717, 1.165) is 12.1 Å². The highest BCUT2D eigenvalue weighted by molar-refractivity contribution is 5.88. The average molecular weight is 291 g/mol. The molecule has 2 saturated heterocycles. The second-order valence-corrected chi connectivity index (χ2v) is 5.70. The fourth-order valence-corrected chi connectivity index (χ4v) is 2.88. The molecule has 0 aromatic heterocycles. The summed E-state index contributed by atoms with van der Waals surface area (Å²) < 4.78 is 17.5. The van der Waals surface area contributed by atoms with Gasteiger partial charge in [-0.05, 0) is 30.7 Å². The van der Waals surface area contributed by atoms with E-state index in [1.54, 1.807) is 0 Å². The van der Waals surface area contributed by atoms with Crippen molar-refractivity contribution in [2.45, 2.75) is 51.8 Å². The summed E-state index contributed by atoms with van der Waals surface area (Å²) in [6.07, 6.45) is 1.08. The van der Waals surface area contributed by atoms with E-state index in [0.29, 0.717) is 11.7 Å². The summed E-state index contributed by atoms with van der Waals surface area (Å²) in [4.78, 5) is 11.0. The van der Waals surface area contributed by atoms with Crippen molar-refractivity contribution >= 4 is 11.6 Å². The Kier molecular flexibility index (Phi) is 3.87. The molecule has 5 heteroatoms. The lowest BCUT2D eigenvalue weighted by atomic mass is 9.94. The average Bonchev–Trinajstić information content (AvgIpc) is 3.24. The molecule has 5 atom stereocenters. The molecule has 1 aromatic rings. The Labute approximate surface area is 124 Å². The third-order valence-electron chi connectivity index (χ3n) is 4.07. The van der Waals surface area contributed by atoms with Gasteiger partial charge in [0.05, 0.1) is 12.2 Å². The first-order valence-electron chi connectivity index (χ1n) is 7.43. The number of ether oxygens (including phenoxy) is 3. The molecular formula is C16H21NO4. The summed E-state index contributed by atoms with van der Waals surface area (Å²) in [7, 11) is 0. The quantitative estimate of drug-likeness (QED) is 0.866. The van der Waals surface area contributed by atoms with E-state index >= 15 is 0 Å². The van der Waals surface area contributed by atoms with E-state index < -0.39 is 0 Å². The lowest BCUT2D eigenvalue weighted by Gasteiger charge is -2.31. The summed E-state index contributed by atoms with van der Waals surface area (Å²) in [6, 6.07) is 7.27. The maximum atomic E-state index is 11.0. The molecule has 21 heavy (non-hydrogen) atoms. The zero-order valence-electron chi connectivity index (χ0n) is 12.5. The number of rotatable bonds is 4. The second kappa shape index (κ2) is 5.66. The minimum atomic E-state index is -0.345. The van der Waals surface area contributed by atoms with Gasteiger partial charge < -0.3 is 19.5 Å². The molecule has 1 aromatic carbocycles. The first kappa shape index (κ1) is 14.4. The van der Waals surface area contributed by atoms with Crippen LogP contribution in [0, 0.1) is 5.92 Å². The monoisotopic (exact) mass is 291 g/mol. The summed E-state index contributed by atoms with van der Waals surface area (Å²) in [5.41, 5.74) is 0.750. The molecule has 2 aliphatic heterocycles. The van der Waals surface area contributed by atoms with Gasteiger partial charge in [0.15, 0.2) is 0 Å². The smallest absolute Gasteiger partial charge is 0.229 e.